The van der Waals surface area contributed by atoms with Crippen LogP contribution in [0.3, 0.4) is 0 Å². The second-order valence-electron chi connectivity index (χ2n) is 2.98. The van der Waals surface area contributed by atoms with E-state index in [1.165, 1.54) is 12.3 Å². The molecule has 0 aromatic carbocycles. The first kappa shape index (κ1) is 11.8. The van der Waals surface area contributed by atoms with Gasteiger partial charge in [-0.2, -0.15) is 0 Å². The topological polar surface area (TPSA) is 114 Å². The van der Waals surface area contributed by atoms with Gasteiger partial charge in [0.2, 0.25) is 0 Å². The lowest BCUT2D eigenvalue weighted by Crippen LogP contribution is -2.29. The first-order valence-corrected chi connectivity index (χ1v) is 5.89. The number of aromatic nitrogens is 1. The van der Waals surface area contributed by atoms with Crippen LogP contribution in [-0.2, 0) is 9.36 Å². The summed E-state index contributed by atoms with van der Waals surface area (Å²) in [5, 5.41) is 8.46. The Morgan fingerprint density at radius 3 is 2.73 bits per heavy atom. The molecular weight excluding hydrogens is 220 g/mol. The molecule has 4 N–H and O–H groups in total. The third kappa shape index (κ3) is 2.86. The zero-order valence-corrected chi connectivity index (χ0v) is 8.67. The van der Waals surface area contributed by atoms with Crippen LogP contribution in [0, 0.1) is 0 Å². The first-order valence-electron chi connectivity index (χ1n) is 4.16. The minimum absolute atomic E-state index is 0.0706. The lowest BCUT2D eigenvalue weighted by atomic mass is 10.5. The molecule has 0 bridgehead atoms. The Labute approximate surface area is 86.2 Å². The van der Waals surface area contributed by atoms with Gasteiger partial charge in [0.05, 0.1) is 12.2 Å². The second kappa shape index (κ2) is 4.53. The molecule has 7 heteroatoms. The number of aliphatic carboxylic acids is 1. The molecule has 1 rings (SSSR count). The molecule has 0 amide bonds. The van der Waals surface area contributed by atoms with Crippen molar-refractivity contribution in [1.29, 1.82) is 0 Å². The quantitative estimate of drug-likeness (QED) is 0.485. The van der Waals surface area contributed by atoms with Gasteiger partial charge in [-0.15, -0.1) is 0 Å². The smallest absolute Gasteiger partial charge is 0.305 e. The molecule has 1 aromatic rings. The van der Waals surface area contributed by atoms with E-state index < -0.39 is 25.5 Å². The van der Waals surface area contributed by atoms with Crippen molar-refractivity contribution in [1.82, 2.24) is 4.98 Å². The molecule has 6 nitrogen and oxygen atoms in total. The van der Waals surface area contributed by atoms with Gasteiger partial charge in [-0.3, -0.25) is 14.3 Å². The maximum Gasteiger partial charge on any atom is 0.305 e. The lowest BCUT2D eigenvalue weighted by Gasteiger charge is -2.16. The number of hydrogen-bond acceptors (Lipinski definition) is 4. The molecule has 2 unspecified atom stereocenters. The summed E-state index contributed by atoms with van der Waals surface area (Å²) in [5.41, 5.74) is 5.28. The van der Waals surface area contributed by atoms with E-state index >= 15 is 0 Å². The maximum absolute atomic E-state index is 11.8. The van der Waals surface area contributed by atoms with Crippen LogP contribution in [0.2, 0.25) is 0 Å². The van der Waals surface area contributed by atoms with Gasteiger partial charge in [0, 0.05) is 6.20 Å². The molecule has 0 saturated heterocycles. The van der Waals surface area contributed by atoms with Gasteiger partial charge >= 0.3 is 5.97 Å². The van der Waals surface area contributed by atoms with E-state index in [4.69, 9.17) is 10.8 Å². The Bertz CT molecular complexity index is 395. The highest BCUT2D eigenvalue weighted by molar-refractivity contribution is 7.66. The number of hydrogen-bond donors (Lipinski definition) is 3. The van der Waals surface area contributed by atoms with Crippen molar-refractivity contribution in [2.24, 2.45) is 5.73 Å². The fraction of sp³-hybridized carbons (Fsp3) is 0.250. The molecule has 0 aliphatic rings. The molecular formula is C8H11N2O4P. The molecule has 0 fully saturated rings. The number of carbonyl (C=O) groups is 1. The number of nitrogens with zero attached hydrogens (tertiary/aromatic N) is 1. The zero-order chi connectivity index (χ0) is 11.5. The van der Waals surface area contributed by atoms with Gasteiger partial charge < -0.3 is 15.7 Å². The summed E-state index contributed by atoms with van der Waals surface area (Å²) in [4.78, 5) is 23.7. The van der Waals surface area contributed by atoms with Gasteiger partial charge in [-0.1, -0.05) is 6.07 Å². The van der Waals surface area contributed by atoms with Gasteiger partial charge in [-0.05, 0) is 12.1 Å². The third-order valence-corrected chi connectivity index (χ3v) is 3.81. The van der Waals surface area contributed by atoms with Crippen LogP contribution in [0.4, 0.5) is 0 Å². The minimum atomic E-state index is -3.90. The van der Waals surface area contributed by atoms with Crippen LogP contribution < -0.4 is 11.2 Å². The maximum atomic E-state index is 11.8. The number of carboxylic acid groups (broad SMARTS) is 1. The van der Waals surface area contributed by atoms with E-state index in [9.17, 15) is 14.3 Å². The number of pyridine rings is 1. The normalized spacial score (nSPS) is 16.7. The predicted molar refractivity (Wildman–Crippen MR) is 53.9 cm³/mol. The SMILES string of the molecule is NC(C[13C](=O)O)P(=O)(O)c1ccccn1. The van der Waals surface area contributed by atoms with E-state index in [0.29, 0.717) is 0 Å². The Kier molecular flexibility index (Phi) is 3.57. The predicted octanol–water partition coefficient (Wildman–Crippen LogP) is -0.263. The number of rotatable bonds is 4. The van der Waals surface area contributed by atoms with Crippen LogP contribution in [0.5, 0.6) is 0 Å². The van der Waals surface area contributed by atoms with Crippen molar-refractivity contribution in [2.75, 3.05) is 0 Å². The van der Waals surface area contributed by atoms with Crippen LogP contribution >= 0.6 is 7.37 Å². The highest BCUT2D eigenvalue weighted by Crippen LogP contribution is 2.42. The van der Waals surface area contributed by atoms with E-state index in [1.807, 2.05) is 0 Å². The van der Waals surface area contributed by atoms with E-state index in [0.717, 1.165) is 0 Å². The van der Waals surface area contributed by atoms with Crippen LogP contribution in [0.15, 0.2) is 24.4 Å². The first-order chi connectivity index (χ1) is 6.94. The molecule has 2 atom stereocenters. The minimum Gasteiger partial charge on any atom is -0.481 e. The molecule has 82 valence electrons. The van der Waals surface area contributed by atoms with Gasteiger partial charge in [0.15, 0.2) is 0 Å². The molecule has 1 heterocycles. The van der Waals surface area contributed by atoms with Crippen molar-refractivity contribution in [2.45, 2.75) is 12.2 Å². The van der Waals surface area contributed by atoms with Crippen molar-refractivity contribution < 1.29 is 19.4 Å². The Balaban J connectivity index is 2.93. The Morgan fingerprint density at radius 2 is 2.27 bits per heavy atom. The molecule has 0 saturated carbocycles. The summed E-state index contributed by atoms with van der Waals surface area (Å²) < 4.78 is 11.8. The summed E-state index contributed by atoms with van der Waals surface area (Å²) in [5.74, 6) is -2.54. The zero-order valence-electron chi connectivity index (χ0n) is 7.78. The molecule has 15 heavy (non-hydrogen) atoms. The fourth-order valence-electron chi connectivity index (χ4n) is 1.02. The molecule has 0 aliphatic carbocycles. The van der Waals surface area contributed by atoms with Gasteiger partial charge in [0.1, 0.15) is 5.44 Å². The second-order valence-corrected chi connectivity index (χ2v) is 5.34. The van der Waals surface area contributed by atoms with Crippen molar-refractivity contribution in [3.8, 4) is 0 Å². The summed E-state index contributed by atoms with van der Waals surface area (Å²) in [6.45, 7) is 0. The van der Waals surface area contributed by atoms with Crippen LogP contribution in [-0.4, -0.2) is 26.7 Å². The molecule has 0 spiro atoms. The Hall–Kier alpha value is -1.23. The number of nitrogens with two attached hydrogens (primary N) is 1. The Morgan fingerprint density at radius 1 is 1.60 bits per heavy atom. The monoisotopic (exact) mass is 231 g/mol. The molecule has 0 radical (unpaired) electrons. The van der Waals surface area contributed by atoms with Gasteiger partial charge in [0.25, 0.3) is 7.37 Å². The third-order valence-electron chi connectivity index (χ3n) is 1.81. The fourth-order valence-corrected chi connectivity index (χ4v) is 2.29. The van der Waals surface area contributed by atoms with Gasteiger partial charge in [-0.25, -0.2) is 0 Å². The summed E-state index contributed by atoms with van der Waals surface area (Å²) in [6, 6.07) is 4.48. The largest absolute Gasteiger partial charge is 0.481 e. The highest BCUT2D eigenvalue weighted by Gasteiger charge is 2.32. The van der Waals surface area contributed by atoms with Crippen molar-refractivity contribution in [3.05, 3.63) is 24.4 Å². The summed E-state index contributed by atoms with van der Waals surface area (Å²) >= 11 is 0. The van der Waals surface area contributed by atoms with Crippen molar-refractivity contribution >= 4 is 18.8 Å². The molecule has 1 aromatic heterocycles. The van der Waals surface area contributed by atoms with E-state index in [2.05, 4.69) is 4.98 Å². The van der Waals surface area contributed by atoms with E-state index in [1.54, 1.807) is 12.1 Å². The standard InChI is InChI=1S/C8H11N2O4P/c9-6(5-8(11)12)15(13,14)7-3-1-2-4-10-7/h1-4,6H,5,9H2,(H,11,12)(H,13,14)/i8+1. The summed E-state index contributed by atoms with van der Waals surface area (Å²) in [6.07, 6.45) is 0.788. The summed E-state index contributed by atoms with van der Waals surface area (Å²) in [7, 11) is -3.90. The number of carboxylic acids is 1. The average Bonchev–Trinajstić information content (AvgIpc) is 2.18. The van der Waals surface area contributed by atoms with Crippen LogP contribution in [0.1, 0.15) is 6.42 Å². The van der Waals surface area contributed by atoms with Crippen LogP contribution in [0.25, 0.3) is 0 Å². The average molecular weight is 231 g/mol. The lowest BCUT2D eigenvalue weighted by molar-refractivity contribution is -0.137. The van der Waals surface area contributed by atoms with Crippen molar-refractivity contribution in [3.63, 3.8) is 0 Å². The highest BCUT2D eigenvalue weighted by atomic mass is 31.2. The molecule has 0 aliphatic heterocycles. The van der Waals surface area contributed by atoms with E-state index in [-0.39, 0.29) is 5.44 Å².